The molecule has 0 saturated carbocycles. The summed E-state index contributed by atoms with van der Waals surface area (Å²) in [5.41, 5.74) is -43.0. The highest BCUT2D eigenvalue weighted by Gasteiger charge is 2.40. The first-order chi connectivity index (χ1) is 48.9. The third kappa shape index (κ3) is 10.2. The molecule has 104 heavy (non-hydrogen) atoms. The standard InChI is InChI=1S/C66H14F30N6O2/c67-35-29(36(68)48(80)59(91)47(35)79)23-11-9-21(101-65(11)103)27(33-43(75)55(87)63(95)56(88)44(33)76)20-8-6-18(100-20)26(32-41(73)53(85)62(94)54(86)42(32)74)16-4-2-14(98-16)24(30-37(69)49(81)60(92)50(82)38(30)70)12-10-22(102-66(12)104)28(34-45(77)57(89)64(96)58(90)46(34)78)19-7-5-17(99-19)25(15-3-1-13(23)97-15)31-39(71)51(83)61(93)52(84)40(31)72/h1-10,97-98H,(H,101,103)(H,102,104). The number of halogens is 30. The summed E-state index contributed by atoms with van der Waals surface area (Å²) in [6, 6.07) is 1.03. The van der Waals surface area contributed by atoms with Crippen molar-refractivity contribution in [2.45, 2.75) is 0 Å². The fraction of sp³-hybridized carbons (Fsp3) is 0. The van der Waals surface area contributed by atoms with Gasteiger partial charge in [-0.05, 0) is 60.7 Å². The van der Waals surface area contributed by atoms with Crippen molar-refractivity contribution in [1.82, 2.24) is 19.9 Å². The Labute approximate surface area is 551 Å². The molecule has 6 aromatic carbocycles. The predicted octanol–water partition coefficient (Wildman–Crippen LogP) is 20.2. The molecule has 4 N–H and O–H groups in total. The maximum atomic E-state index is 16.5. The highest BCUT2D eigenvalue weighted by molar-refractivity contribution is 6.19. The Hall–Kier alpha value is -12.3. The number of hydrogen-bond donors (Lipinski definition) is 4. The summed E-state index contributed by atoms with van der Waals surface area (Å²) in [5.74, 6) is -93.0. The van der Waals surface area contributed by atoms with Crippen LogP contribution in [0.2, 0.25) is 0 Å². The third-order valence-corrected chi connectivity index (χ3v) is 16.2. The van der Waals surface area contributed by atoms with E-state index in [0.29, 0.717) is 0 Å². The summed E-state index contributed by atoms with van der Waals surface area (Å²) in [5, 5.41) is 3.35. The molecular formula is C66H14F30N6O2. The maximum Gasteiger partial charge on any atom is 0.256 e. The van der Waals surface area contributed by atoms with Crippen molar-refractivity contribution in [3.8, 4) is 66.8 Å². The fourth-order valence-electron chi connectivity index (χ4n) is 11.5. The minimum Gasteiger partial charge on any atom is -0.354 e. The molecule has 0 atom stereocenters. The van der Waals surface area contributed by atoms with Crippen molar-refractivity contribution in [2.24, 2.45) is 0 Å². The Morgan fingerprint density at radius 2 is 0.365 bits per heavy atom. The van der Waals surface area contributed by atoms with Crippen LogP contribution in [0.15, 0.2) is 36.4 Å². The SMILES string of the molecule is O=C1Nc2cc1c(-c1c(F)c(F)c(F)c(F)c1F)c1ccc([nH]1)c(-c1c(F)c(F)c(F)c(F)c1F)c1nc(c(-c3c(F)c(F)c(F)c(F)c3F)c3cc(c(-c4c(F)c(F)c(F)c(F)c4F)c4ccc([nH]4)c(-c4c(F)c(F)c(F)c(F)c4F)c4nc(c2-c2c(F)c(F)c(F)c(F)c2F)C=C4)C(=O)N3)C=C1. The van der Waals surface area contributed by atoms with Gasteiger partial charge in [0, 0.05) is 55.4 Å². The van der Waals surface area contributed by atoms with Crippen LogP contribution >= 0.6 is 0 Å². The molecule has 4 aliphatic heterocycles. The van der Waals surface area contributed by atoms with E-state index in [4.69, 9.17) is 0 Å². The van der Waals surface area contributed by atoms with Crippen molar-refractivity contribution >= 4 is 69.6 Å². The molecule has 3 aromatic heterocycles. The lowest BCUT2D eigenvalue weighted by Gasteiger charge is -2.12. The van der Waals surface area contributed by atoms with Crippen LogP contribution in [0.1, 0.15) is 43.5 Å². The molecular weight excluding hydrogens is 1480 g/mol. The zero-order valence-corrected chi connectivity index (χ0v) is 48.8. The largest absolute Gasteiger partial charge is 0.354 e. The van der Waals surface area contributed by atoms with Gasteiger partial charge < -0.3 is 20.6 Å². The van der Waals surface area contributed by atoms with Gasteiger partial charge in [0.05, 0.1) is 78.7 Å². The minimum atomic E-state index is -3.02. The molecule has 0 radical (unpaired) electrons. The molecule has 38 heteroatoms. The second-order valence-electron chi connectivity index (χ2n) is 21.8. The quantitative estimate of drug-likeness (QED) is 0.0754. The van der Waals surface area contributed by atoms with Crippen LogP contribution in [0.3, 0.4) is 0 Å². The second-order valence-corrected chi connectivity index (χ2v) is 21.8. The van der Waals surface area contributed by atoms with E-state index in [-0.39, 0.29) is 60.7 Å². The molecule has 530 valence electrons. The Balaban J connectivity index is 1.36. The Kier molecular flexibility index (Phi) is 16.7. The van der Waals surface area contributed by atoms with Crippen molar-refractivity contribution < 1.29 is 141 Å². The first-order valence-electron chi connectivity index (χ1n) is 27.8. The molecule has 9 aromatic rings. The highest BCUT2D eigenvalue weighted by atomic mass is 19.2. The average molecular weight is 1490 g/mol. The number of anilines is 2. The van der Waals surface area contributed by atoms with E-state index in [2.05, 4.69) is 9.97 Å². The van der Waals surface area contributed by atoms with E-state index in [1.807, 2.05) is 9.97 Å². The van der Waals surface area contributed by atoms with Crippen LogP contribution in [0.4, 0.5) is 143 Å². The van der Waals surface area contributed by atoms with Crippen LogP contribution in [0.5, 0.6) is 0 Å². The molecule has 4 aliphatic rings. The summed E-state index contributed by atoms with van der Waals surface area (Å²) in [4.78, 5) is 40.7. The van der Waals surface area contributed by atoms with Crippen molar-refractivity contribution in [3.05, 3.63) is 245 Å². The second kappa shape index (κ2) is 24.8. The Bertz CT molecular complexity index is 5470. The fourth-order valence-corrected chi connectivity index (χ4v) is 11.5. The molecule has 0 unspecified atom stereocenters. The zero-order valence-electron chi connectivity index (χ0n) is 48.8. The van der Waals surface area contributed by atoms with Crippen LogP contribution in [0, 0.1) is 175 Å². The Morgan fingerprint density at radius 3 is 0.577 bits per heavy atom. The molecule has 0 fully saturated rings. The zero-order chi connectivity index (χ0) is 75.6. The smallest absolute Gasteiger partial charge is 0.256 e. The first kappa shape index (κ1) is 70.2. The van der Waals surface area contributed by atoms with Crippen LogP contribution in [-0.2, 0) is 0 Å². The number of fused-ring (bicyclic) bond motifs is 12. The van der Waals surface area contributed by atoms with Crippen molar-refractivity contribution in [2.75, 3.05) is 10.6 Å². The molecule has 8 nitrogen and oxygen atoms in total. The molecule has 0 spiro atoms. The Morgan fingerprint density at radius 1 is 0.202 bits per heavy atom. The summed E-state index contributed by atoms with van der Waals surface area (Å²) >= 11 is 0. The van der Waals surface area contributed by atoms with Crippen molar-refractivity contribution in [1.29, 1.82) is 0 Å². The maximum absolute atomic E-state index is 16.5. The topological polar surface area (TPSA) is 116 Å². The van der Waals surface area contributed by atoms with E-state index in [1.54, 1.807) is 10.6 Å². The van der Waals surface area contributed by atoms with E-state index in [0.717, 1.165) is 0 Å². The van der Waals surface area contributed by atoms with E-state index in [1.165, 1.54) is 0 Å². The summed E-state index contributed by atoms with van der Waals surface area (Å²) in [6.45, 7) is 0. The van der Waals surface area contributed by atoms with Crippen molar-refractivity contribution in [3.63, 3.8) is 0 Å². The molecule has 0 aliphatic carbocycles. The van der Waals surface area contributed by atoms with E-state index < -0.39 is 320 Å². The van der Waals surface area contributed by atoms with Crippen LogP contribution < -0.4 is 10.6 Å². The summed E-state index contributed by atoms with van der Waals surface area (Å²) < 4.78 is 473. The number of hydrogen-bond acceptors (Lipinski definition) is 4. The average Bonchev–Trinajstić information content (AvgIpc) is 1.54. The number of amides is 2. The molecule has 2 amide bonds. The normalized spacial score (nSPS) is 12.6. The number of carbonyl (C=O) groups excluding carboxylic acids is 2. The number of H-pyrrole nitrogens is 2. The van der Waals surface area contributed by atoms with E-state index in [9.17, 15) is 35.9 Å². The predicted molar refractivity (Wildman–Crippen MR) is 301 cm³/mol. The van der Waals surface area contributed by atoms with Crippen LogP contribution in [0.25, 0.3) is 113 Å². The molecule has 0 saturated heterocycles. The lowest BCUT2D eigenvalue weighted by Crippen LogP contribution is -2.11. The minimum absolute atomic E-state index is 0.0223. The van der Waals surface area contributed by atoms with Gasteiger partial charge in [-0.15, -0.1) is 0 Å². The molecule has 12 bridgehead atoms. The van der Waals surface area contributed by atoms with Gasteiger partial charge in [0.1, 0.15) is 0 Å². The lowest BCUT2D eigenvalue weighted by molar-refractivity contribution is 0.102. The number of benzene rings is 6. The van der Waals surface area contributed by atoms with Gasteiger partial charge in [0.2, 0.25) is 34.9 Å². The third-order valence-electron chi connectivity index (χ3n) is 16.2. The number of carbonyl (C=O) groups is 2. The first-order valence-corrected chi connectivity index (χ1v) is 27.8. The van der Waals surface area contributed by atoms with Gasteiger partial charge in [0.25, 0.3) is 11.8 Å². The number of aromatic nitrogens is 4. The van der Waals surface area contributed by atoms with Gasteiger partial charge in [-0.3, -0.25) is 9.59 Å². The molecule has 13 rings (SSSR count). The van der Waals surface area contributed by atoms with Gasteiger partial charge in [-0.1, -0.05) is 0 Å². The summed E-state index contributed by atoms with van der Waals surface area (Å²) in [6.07, 6.45) is 0.999. The number of nitrogens with one attached hydrogen (secondary N) is 4. The van der Waals surface area contributed by atoms with Gasteiger partial charge in [-0.25, -0.2) is 142 Å². The van der Waals surface area contributed by atoms with Gasteiger partial charge in [0.15, 0.2) is 140 Å². The number of nitrogens with zero attached hydrogens (tertiary/aromatic N) is 2. The number of aromatic amines is 2. The monoisotopic (exact) mass is 1490 g/mol. The lowest BCUT2D eigenvalue weighted by atomic mass is 9.98. The van der Waals surface area contributed by atoms with Crippen LogP contribution in [-0.4, -0.2) is 31.8 Å². The summed E-state index contributed by atoms with van der Waals surface area (Å²) in [7, 11) is 0. The van der Waals surface area contributed by atoms with Gasteiger partial charge >= 0.3 is 0 Å². The number of rotatable bonds is 6. The molecule has 7 heterocycles. The highest BCUT2D eigenvalue weighted by Crippen LogP contribution is 2.49. The van der Waals surface area contributed by atoms with E-state index >= 15 is 105 Å². The van der Waals surface area contributed by atoms with Gasteiger partial charge in [-0.2, -0.15) is 0 Å².